The van der Waals surface area contributed by atoms with Gasteiger partial charge in [0.05, 0.1) is 16.9 Å². The second-order valence-electron chi connectivity index (χ2n) is 5.97. The first-order chi connectivity index (χ1) is 9.81. The largest absolute Gasteiger partial charge is 0.324 e. The van der Waals surface area contributed by atoms with Crippen molar-refractivity contribution < 1.29 is 0 Å². The molecule has 3 heteroatoms. The van der Waals surface area contributed by atoms with E-state index >= 15 is 0 Å². The minimum absolute atomic E-state index is 0.505. The Morgan fingerprint density at radius 3 is 2.55 bits per heavy atom. The van der Waals surface area contributed by atoms with E-state index in [0.29, 0.717) is 11.9 Å². The van der Waals surface area contributed by atoms with Gasteiger partial charge in [-0.1, -0.05) is 44.2 Å². The fraction of sp³-hybridized carbons (Fsp3) is 0.588. The zero-order valence-electron chi connectivity index (χ0n) is 12.2. The summed E-state index contributed by atoms with van der Waals surface area (Å²) < 4.78 is 2.43. The number of halogens is 1. The van der Waals surface area contributed by atoms with E-state index in [2.05, 4.69) is 29.7 Å². The predicted octanol–water partition coefficient (Wildman–Crippen LogP) is 5.37. The lowest BCUT2D eigenvalue weighted by atomic mass is 9.96. The van der Waals surface area contributed by atoms with Crippen molar-refractivity contribution in [1.82, 2.24) is 9.55 Å². The van der Waals surface area contributed by atoms with E-state index in [9.17, 15) is 0 Å². The van der Waals surface area contributed by atoms with Gasteiger partial charge in [-0.2, -0.15) is 0 Å². The number of aryl methyl sites for hydroxylation is 1. The van der Waals surface area contributed by atoms with Gasteiger partial charge in [-0.15, -0.1) is 11.6 Å². The van der Waals surface area contributed by atoms with Crippen molar-refractivity contribution in [3.05, 3.63) is 29.6 Å². The Hall–Kier alpha value is -1.02. The second-order valence-corrected chi connectivity index (χ2v) is 6.24. The molecule has 0 amide bonds. The number of hydrogen-bond acceptors (Lipinski definition) is 1. The van der Waals surface area contributed by atoms with E-state index in [1.807, 2.05) is 0 Å². The number of rotatable bonds is 2. The molecule has 0 radical (unpaired) electrons. The third kappa shape index (κ3) is 2.58. The van der Waals surface area contributed by atoms with E-state index in [1.165, 1.54) is 56.0 Å². The van der Waals surface area contributed by atoms with E-state index in [1.54, 1.807) is 0 Å². The van der Waals surface area contributed by atoms with Crippen LogP contribution in [0.25, 0.3) is 11.0 Å². The molecule has 2 aromatic rings. The van der Waals surface area contributed by atoms with Gasteiger partial charge in [0.25, 0.3) is 0 Å². The van der Waals surface area contributed by atoms with Crippen molar-refractivity contribution in [1.29, 1.82) is 0 Å². The van der Waals surface area contributed by atoms with Gasteiger partial charge in [0.2, 0.25) is 0 Å². The molecular weight excluding hydrogens is 268 g/mol. The van der Waals surface area contributed by atoms with Crippen molar-refractivity contribution in [3.63, 3.8) is 0 Å². The summed E-state index contributed by atoms with van der Waals surface area (Å²) >= 11 is 6.16. The fourth-order valence-electron chi connectivity index (χ4n) is 3.50. The maximum absolute atomic E-state index is 6.16. The number of aromatic nitrogens is 2. The molecule has 2 nitrogen and oxygen atoms in total. The van der Waals surface area contributed by atoms with E-state index in [0.717, 1.165) is 11.3 Å². The van der Waals surface area contributed by atoms with Crippen molar-refractivity contribution in [2.24, 2.45) is 0 Å². The normalized spacial score (nSPS) is 18.1. The summed E-state index contributed by atoms with van der Waals surface area (Å²) in [5, 5.41) is 0. The molecule has 1 heterocycles. The van der Waals surface area contributed by atoms with Crippen LogP contribution in [-0.2, 0) is 5.88 Å². The molecule has 1 aromatic carbocycles. The number of nitrogens with zero attached hydrogens (tertiary/aromatic N) is 2. The topological polar surface area (TPSA) is 17.8 Å². The zero-order valence-corrected chi connectivity index (χ0v) is 13.0. The van der Waals surface area contributed by atoms with Gasteiger partial charge >= 0.3 is 0 Å². The minimum Gasteiger partial charge on any atom is -0.324 e. The van der Waals surface area contributed by atoms with E-state index in [-0.39, 0.29) is 0 Å². The Morgan fingerprint density at radius 1 is 1.15 bits per heavy atom. The highest BCUT2D eigenvalue weighted by molar-refractivity contribution is 6.16. The summed E-state index contributed by atoms with van der Waals surface area (Å²) in [5.41, 5.74) is 3.65. The molecule has 1 fully saturated rings. The summed E-state index contributed by atoms with van der Waals surface area (Å²) in [6, 6.07) is 7.05. The van der Waals surface area contributed by atoms with Crippen molar-refractivity contribution in [2.75, 3.05) is 0 Å². The molecule has 1 aliphatic rings. The van der Waals surface area contributed by atoms with Gasteiger partial charge in [0, 0.05) is 6.04 Å². The van der Waals surface area contributed by atoms with Crippen LogP contribution in [-0.4, -0.2) is 9.55 Å². The van der Waals surface area contributed by atoms with Gasteiger partial charge < -0.3 is 4.57 Å². The van der Waals surface area contributed by atoms with Gasteiger partial charge in [0.15, 0.2) is 0 Å². The third-order valence-corrected chi connectivity index (χ3v) is 4.79. The first-order valence-corrected chi connectivity index (χ1v) is 8.37. The van der Waals surface area contributed by atoms with Gasteiger partial charge in [-0.3, -0.25) is 0 Å². The number of hydrogen-bond donors (Lipinski definition) is 0. The van der Waals surface area contributed by atoms with Crippen LogP contribution < -0.4 is 0 Å². The van der Waals surface area contributed by atoms with Crippen LogP contribution in [0.4, 0.5) is 0 Å². The minimum atomic E-state index is 0.505. The second kappa shape index (κ2) is 6.17. The van der Waals surface area contributed by atoms with Crippen LogP contribution in [0.2, 0.25) is 0 Å². The number of alkyl halides is 1. The molecule has 0 bridgehead atoms. The first kappa shape index (κ1) is 13.9. The number of para-hydroxylation sites is 1. The molecule has 1 aromatic heterocycles. The average Bonchev–Trinajstić information content (AvgIpc) is 2.79. The molecule has 0 spiro atoms. The highest BCUT2D eigenvalue weighted by atomic mass is 35.5. The number of benzene rings is 1. The standard InChI is InChI=1S/C17H23ClN2/c1-13-8-7-11-15-17(13)19-16(12-18)20(15)14-9-5-3-2-4-6-10-14/h7-8,11,14H,2-6,9-10,12H2,1H3. The maximum atomic E-state index is 6.16. The molecule has 0 N–H and O–H groups in total. The number of fused-ring (bicyclic) bond motifs is 1. The summed E-state index contributed by atoms with van der Waals surface area (Å²) in [7, 11) is 0. The van der Waals surface area contributed by atoms with Crippen molar-refractivity contribution in [3.8, 4) is 0 Å². The molecule has 1 saturated carbocycles. The van der Waals surface area contributed by atoms with Crippen LogP contribution in [0.15, 0.2) is 18.2 Å². The highest BCUT2D eigenvalue weighted by Crippen LogP contribution is 2.32. The molecule has 0 aliphatic heterocycles. The Balaban J connectivity index is 2.05. The lowest BCUT2D eigenvalue weighted by Crippen LogP contribution is -2.13. The zero-order chi connectivity index (χ0) is 13.9. The summed E-state index contributed by atoms with van der Waals surface area (Å²) in [5.74, 6) is 1.55. The molecular formula is C17H23ClN2. The van der Waals surface area contributed by atoms with Gasteiger partial charge in [-0.25, -0.2) is 4.98 Å². The van der Waals surface area contributed by atoms with Crippen LogP contribution in [0.5, 0.6) is 0 Å². The fourth-order valence-corrected chi connectivity index (χ4v) is 3.69. The monoisotopic (exact) mass is 290 g/mol. The van der Waals surface area contributed by atoms with Crippen molar-refractivity contribution in [2.45, 2.75) is 63.8 Å². The smallest absolute Gasteiger partial charge is 0.125 e. The Bertz CT molecular complexity index is 580. The van der Waals surface area contributed by atoms with Crippen LogP contribution in [0.1, 0.15) is 62.4 Å². The number of imidazole rings is 1. The Labute approximate surface area is 126 Å². The summed E-state index contributed by atoms with van der Waals surface area (Å²) in [4.78, 5) is 4.79. The third-order valence-electron chi connectivity index (χ3n) is 4.55. The van der Waals surface area contributed by atoms with Crippen LogP contribution in [0, 0.1) is 6.92 Å². The maximum Gasteiger partial charge on any atom is 0.125 e. The van der Waals surface area contributed by atoms with Gasteiger partial charge in [-0.05, 0) is 31.4 Å². The molecule has 0 saturated heterocycles. The molecule has 1 aliphatic carbocycles. The lowest BCUT2D eigenvalue weighted by Gasteiger charge is -2.23. The van der Waals surface area contributed by atoms with Crippen LogP contribution >= 0.6 is 11.6 Å². The highest BCUT2D eigenvalue weighted by Gasteiger charge is 2.20. The predicted molar refractivity (Wildman–Crippen MR) is 85.4 cm³/mol. The molecule has 20 heavy (non-hydrogen) atoms. The quantitative estimate of drug-likeness (QED) is 0.680. The molecule has 0 unspecified atom stereocenters. The SMILES string of the molecule is Cc1cccc2c1nc(CCl)n2C1CCCCCCC1. The van der Waals surface area contributed by atoms with Crippen LogP contribution in [0.3, 0.4) is 0 Å². The van der Waals surface area contributed by atoms with Gasteiger partial charge in [0.1, 0.15) is 5.82 Å². The lowest BCUT2D eigenvalue weighted by molar-refractivity contribution is 0.373. The molecule has 3 rings (SSSR count). The Morgan fingerprint density at radius 2 is 1.85 bits per heavy atom. The van der Waals surface area contributed by atoms with E-state index < -0.39 is 0 Å². The summed E-state index contributed by atoms with van der Waals surface area (Å²) in [6.07, 6.45) is 9.35. The molecule has 0 atom stereocenters. The first-order valence-electron chi connectivity index (χ1n) is 7.83. The van der Waals surface area contributed by atoms with E-state index in [4.69, 9.17) is 16.6 Å². The Kier molecular flexibility index (Phi) is 4.30. The summed E-state index contributed by atoms with van der Waals surface area (Å²) in [6.45, 7) is 2.13. The van der Waals surface area contributed by atoms with Crippen molar-refractivity contribution >= 4 is 22.6 Å². The average molecular weight is 291 g/mol. The molecule has 108 valence electrons.